The Labute approximate surface area is 207 Å². The van der Waals surface area contributed by atoms with Crippen molar-refractivity contribution in [2.45, 2.75) is 13.5 Å². The molecule has 0 radical (unpaired) electrons. The summed E-state index contributed by atoms with van der Waals surface area (Å²) in [5.41, 5.74) is 4.67. The molecule has 1 aliphatic heterocycles. The molecule has 6 rings (SSSR count). The number of carbonyl (C=O) groups excluding carboxylic acids is 1. The Morgan fingerprint density at radius 3 is 2.83 bits per heavy atom. The second kappa shape index (κ2) is 8.77. The van der Waals surface area contributed by atoms with Crippen LogP contribution >= 0.6 is 0 Å². The molecule has 36 heavy (non-hydrogen) atoms. The number of amides is 1. The minimum absolute atomic E-state index is 0.133. The van der Waals surface area contributed by atoms with Crippen LogP contribution in [-0.2, 0) is 6.54 Å². The highest BCUT2D eigenvalue weighted by atomic mass is 16.7. The number of aromatic nitrogens is 5. The molecule has 0 saturated heterocycles. The zero-order valence-electron chi connectivity index (χ0n) is 19.8. The molecule has 5 aromatic rings. The molecular formula is C27H22N6O3. The van der Waals surface area contributed by atoms with Crippen molar-refractivity contribution < 1.29 is 14.3 Å². The van der Waals surface area contributed by atoms with Gasteiger partial charge in [0.1, 0.15) is 0 Å². The maximum Gasteiger partial charge on any atom is 0.257 e. The predicted molar refractivity (Wildman–Crippen MR) is 133 cm³/mol. The van der Waals surface area contributed by atoms with Crippen molar-refractivity contribution in [1.29, 1.82) is 0 Å². The van der Waals surface area contributed by atoms with Gasteiger partial charge in [-0.25, -0.2) is 14.6 Å². The predicted octanol–water partition coefficient (Wildman–Crippen LogP) is 4.19. The molecule has 1 amide bonds. The summed E-state index contributed by atoms with van der Waals surface area (Å²) in [7, 11) is 1.78. The highest BCUT2D eigenvalue weighted by Gasteiger charge is 2.21. The van der Waals surface area contributed by atoms with Crippen LogP contribution in [0, 0.1) is 6.92 Å². The van der Waals surface area contributed by atoms with Crippen molar-refractivity contribution in [2.24, 2.45) is 0 Å². The Kier molecular flexibility index (Phi) is 5.29. The standard InChI is InChI=1S/C27H22N6O3/c1-17-21(26(34)32(2)15-19-5-3-7-23-20(19)6-4-11-28-23)14-30-33(17)27-29-12-10-22(31-27)18-8-9-24-25(13-18)36-16-35-24/h3-14H,15-16H2,1-2H3. The zero-order chi connectivity index (χ0) is 24.6. The van der Waals surface area contributed by atoms with E-state index in [-0.39, 0.29) is 12.7 Å². The van der Waals surface area contributed by atoms with E-state index in [0.717, 1.165) is 22.0 Å². The van der Waals surface area contributed by atoms with Gasteiger partial charge in [-0.2, -0.15) is 5.10 Å². The number of nitrogens with zero attached hydrogens (tertiary/aromatic N) is 6. The molecule has 0 N–H and O–H groups in total. The second-order valence-corrected chi connectivity index (χ2v) is 8.51. The third-order valence-corrected chi connectivity index (χ3v) is 6.23. The van der Waals surface area contributed by atoms with Gasteiger partial charge in [0.15, 0.2) is 11.5 Å². The van der Waals surface area contributed by atoms with Gasteiger partial charge < -0.3 is 14.4 Å². The van der Waals surface area contributed by atoms with E-state index in [2.05, 4.69) is 20.1 Å². The molecule has 0 bridgehead atoms. The van der Waals surface area contributed by atoms with Crippen molar-refractivity contribution in [3.05, 3.63) is 90.0 Å². The fourth-order valence-corrected chi connectivity index (χ4v) is 4.33. The molecule has 0 atom stereocenters. The first-order valence-electron chi connectivity index (χ1n) is 11.4. The van der Waals surface area contributed by atoms with Gasteiger partial charge in [0.05, 0.1) is 28.7 Å². The molecule has 2 aromatic carbocycles. The van der Waals surface area contributed by atoms with Crippen molar-refractivity contribution in [3.8, 4) is 28.7 Å². The van der Waals surface area contributed by atoms with E-state index in [1.807, 2.05) is 61.5 Å². The highest BCUT2D eigenvalue weighted by molar-refractivity contribution is 5.95. The summed E-state index contributed by atoms with van der Waals surface area (Å²) in [5, 5.41) is 5.46. The quantitative estimate of drug-likeness (QED) is 0.374. The van der Waals surface area contributed by atoms with E-state index in [1.165, 1.54) is 0 Å². The first kappa shape index (κ1) is 21.7. The number of rotatable bonds is 5. The summed E-state index contributed by atoms with van der Waals surface area (Å²) in [5.74, 6) is 1.64. The van der Waals surface area contributed by atoms with E-state index < -0.39 is 0 Å². The molecule has 0 unspecified atom stereocenters. The summed E-state index contributed by atoms with van der Waals surface area (Å²) in [6.07, 6.45) is 5.00. The molecule has 4 heterocycles. The number of fused-ring (bicyclic) bond motifs is 2. The number of pyridine rings is 1. The molecular weight excluding hydrogens is 456 g/mol. The van der Waals surface area contributed by atoms with E-state index in [0.29, 0.717) is 40.9 Å². The van der Waals surface area contributed by atoms with Gasteiger partial charge in [-0.3, -0.25) is 9.78 Å². The van der Waals surface area contributed by atoms with Crippen LogP contribution in [0.1, 0.15) is 21.6 Å². The fourth-order valence-electron chi connectivity index (χ4n) is 4.33. The van der Waals surface area contributed by atoms with E-state index in [9.17, 15) is 4.79 Å². The maximum atomic E-state index is 13.3. The van der Waals surface area contributed by atoms with E-state index >= 15 is 0 Å². The minimum Gasteiger partial charge on any atom is -0.454 e. The molecule has 9 nitrogen and oxygen atoms in total. The van der Waals surface area contributed by atoms with Crippen molar-refractivity contribution in [3.63, 3.8) is 0 Å². The van der Waals surface area contributed by atoms with Gasteiger partial charge in [0.2, 0.25) is 6.79 Å². The molecule has 0 spiro atoms. The largest absolute Gasteiger partial charge is 0.454 e. The third-order valence-electron chi connectivity index (χ3n) is 6.23. The van der Waals surface area contributed by atoms with Gasteiger partial charge in [0, 0.05) is 36.9 Å². The SMILES string of the molecule is Cc1c(C(=O)N(C)Cc2cccc3ncccc23)cnn1-c1nccc(-c2ccc3c(c2)OCO3)n1. The third kappa shape index (κ3) is 3.80. The average Bonchev–Trinajstić information content (AvgIpc) is 3.54. The Morgan fingerprint density at radius 2 is 1.92 bits per heavy atom. The van der Waals surface area contributed by atoms with Crippen LogP contribution in [0.2, 0.25) is 0 Å². The van der Waals surface area contributed by atoms with Crippen LogP contribution in [0.25, 0.3) is 28.1 Å². The Balaban J connectivity index is 1.26. The van der Waals surface area contributed by atoms with E-state index in [1.54, 1.807) is 35.2 Å². The number of benzene rings is 2. The average molecular weight is 479 g/mol. The Morgan fingerprint density at radius 1 is 1.03 bits per heavy atom. The Hall–Kier alpha value is -4.79. The van der Waals surface area contributed by atoms with Gasteiger partial charge in [-0.05, 0) is 48.9 Å². The monoisotopic (exact) mass is 478 g/mol. The number of hydrogen-bond donors (Lipinski definition) is 0. The van der Waals surface area contributed by atoms with Gasteiger partial charge >= 0.3 is 0 Å². The molecule has 0 saturated carbocycles. The molecule has 178 valence electrons. The molecule has 0 fully saturated rings. The zero-order valence-corrected chi connectivity index (χ0v) is 19.8. The smallest absolute Gasteiger partial charge is 0.257 e. The maximum absolute atomic E-state index is 13.3. The van der Waals surface area contributed by atoms with Gasteiger partial charge in [0.25, 0.3) is 11.9 Å². The molecule has 0 aliphatic carbocycles. The van der Waals surface area contributed by atoms with Crippen LogP contribution in [0.15, 0.2) is 73.2 Å². The summed E-state index contributed by atoms with van der Waals surface area (Å²) in [6, 6.07) is 17.3. The lowest BCUT2D eigenvalue weighted by atomic mass is 10.1. The lowest BCUT2D eigenvalue weighted by Gasteiger charge is -2.18. The van der Waals surface area contributed by atoms with Gasteiger partial charge in [-0.1, -0.05) is 18.2 Å². The van der Waals surface area contributed by atoms with Crippen LogP contribution in [0.4, 0.5) is 0 Å². The fraction of sp³-hybridized carbons (Fsp3) is 0.148. The summed E-state index contributed by atoms with van der Waals surface area (Å²) in [4.78, 5) is 28.5. The first-order chi connectivity index (χ1) is 17.6. The lowest BCUT2D eigenvalue weighted by molar-refractivity contribution is 0.0785. The van der Waals surface area contributed by atoms with Crippen molar-refractivity contribution >= 4 is 16.8 Å². The molecule has 9 heteroatoms. The molecule has 3 aromatic heterocycles. The van der Waals surface area contributed by atoms with E-state index in [4.69, 9.17) is 9.47 Å². The first-order valence-corrected chi connectivity index (χ1v) is 11.4. The lowest BCUT2D eigenvalue weighted by Crippen LogP contribution is -2.26. The molecule has 1 aliphatic rings. The summed E-state index contributed by atoms with van der Waals surface area (Å²) < 4.78 is 12.5. The topological polar surface area (TPSA) is 95.3 Å². The number of carbonyl (C=O) groups is 1. The second-order valence-electron chi connectivity index (χ2n) is 8.51. The normalized spacial score (nSPS) is 12.2. The van der Waals surface area contributed by atoms with Crippen molar-refractivity contribution in [1.82, 2.24) is 29.6 Å². The highest BCUT2D eigenvalue weighted by Crippen LogP contribution is 2.35. The summed E-state index contributed by atoms with van der Waals surface area (Å²) in [6.45, 7) is 2.50. The number of hydrogen-bond acceptors (Lipinski definition) is 7. The Bertz CT molecular complexity index is 1610. The number of ether oxygens (including phenoxy) is 2. The van der Waals surface area contributed by atoms with Crippen LogP contribution < -0.4 is 9.47 Å². The summed E-state index contributed by atoms with van der Waals surface area (Å²) >= 11 is 0. The van der Waals surface area contributed by atoms with Crippen LogP contribution in [-0.4, -0.2) is 49.4 Å². The van der Waals surface area contributed by atoms with Crippen molar-refractivity contribution in [2.75, 3.05) is 13.8 Å². The van der Waals surface area contributed by atoms with Crippen LogP contribution in [0.3, 0.4) is 0 Å². The van der Waals surface area contributed by atoms with Crippen LogP contribution in [0.5, 0.6) is 11.5 Å². The van der Waals surface area contributed by atoms with Gasteiger partial charge in [-0.15, -0.1) is 0 Å². The minimum atomic E-state index is -0.133.